The van der Waals surface area contributed by atoms with Crippen LogP contribution in [0.3, 0.4) is 0 Å². The summed E-state index contributed by atoms with van der Waals surface area (Å²) in [7, 11) is 0. The number of hydrogen-bond donors (Lipinski definition) is 1. The maximum absolute atomic E-state index is 5.20. The molecule has 2 atom stereocenters. The third-order valence-corrected chi connectivity index (χ3v) is 1.93. The van der Waals surface area contributed by atoms with Crippen molar-refractivity contribution in [3.8, 4) is 0 Å². The highest BCUT2D eigenvalue weighted by Crippen LogP contribution is 2.11. The molecular formula is C7H14OS2. The van der Waals surface area contributed by atoms with Crippen LogP contribution in [0.2, 0.25) is 0 Å². The minimum atomic E-state index is 0.190. The molecule has 0 saturated carbocycles. The first kappa shape index (κ1) is 10.2. The molecule has 0 heterocycles. The topological polar surface area (TPSA) is 9.23 Å². The van der Waals surface area contributed by atoms with Crippen LogP contribution in [0.4, 0.5) is 0 Å². The first-order chi connectivity index (χ1) is 4.57. The summed E-state index contributed by atoms with van der Waals surface area (Å²) in [5.74, 6) is 0.546. The van der Waals surface area contributed by atoms with Crippen LogP contribution in [0, 0.1) is 5.92 Å². The Bertz CT molecular complexity index is 114. The summed E-state index contributed by atoms with van der Waals surface area (Å²) in [4.78, 5) is 0. The third-order valence-electron chi connectivity index (χ3n) is 1.73. The van der Waals surface area contributed by atoms with E-state index in [2.05, 4.69) is 38.7 Å². The van der Waals surface area contributed by atoms with E-state index in [0.29, 0.717) is 10.3 Å². The summed E-state index contributed by atoms with van der Waals surface area (Å²) in [5, 5.41) is 0. The number of hydrogen-bond acceptors (Lipinski definition) is 2. The molecular weight excluding hydrogens is 164 g/mol. The highest BCUT2D eigenvalue weighted by molar-refractivity contribution is 8.10. The van der Waals surface area contributed by atoms with Crippen molar-refractivity contribution in [1.29, 1.82) is 0 Å². The van der Waals surface area contributed by atoms with E-state index in [0.717, 1.165) is 6.42 Å². The molecule has 0 fully saturated rings. The molecule has 0 spiro atoms. The summed E-state index contributed by atoms with van der Waals surface area (Å²) >= 11 is 8.56. The number of thiol groups is 1. The van der Waals surface area contributed by atoms with Gasteiger partial charge in [0.05, 0.1) is 6.10 Å². The van der Waals surface area contributed by atoms with Gasteiger partial charge < -0.3 is 4.74 Å². The zero-order valence-corrected chi connectivity index (χ0v) is 8.34. The van der Waals surface area contributed by atoms with Crippen molar-refractivity contribution in [2.75, 3.05) is 0 Å². The van der Waals surface area contributed by atoms with Crippen LogP contribution in [0.1, 0.15) is 27.2 Å². The molecule has 0 amide bonds. The summed E-state index contributed by atoms with van der Waals surface area (Å²) in [6, 6.07) is 0. The minimum absolute atomic E-state index is 0.190. The first-order valence-corrected chi connectivity index (χ1v) is 4.33. The van der Waals surface area contributed by atoms with Crippen LogP contribution in [0.25, 0.3) is 0 Å². The molecule has 0 bridgehead atoms. The van der Waals surface area contributed by atoms with Crippen LogP contribution in [0.5, 0.6) is 0 Å². The lowest BCUT2D eigenvalue weighted by Gasteiger charge is -2.18. The largest absolute Gasteiger partial charge is 0.475 e. The Hall–Kier alpha value is 0.240. The molecule has 0 aliphatic heterocycles. The summed E-state index contributed by atoms with van der Waals surface area (Å²) < 4.78 is 5.54. The quantitative estimate of drug-likeness (QED) is 0.525. The predicted octanol–water partition coefficient (Wildman–Crippen LogP) is 2.65. The molecule has 0 aromatic heterocycles. The fourth-order valence-electron chi connectivity index (χ4n) is 0.607. The van der Waals surface area contributed by atoms with Crippen molar-refractivity contribution >= 4 is 29.2 Å². The van der Waals surface area contributed by atoms with E-state index in [4.69, 9.17) is 4.74 Å². The van der Waals surface area contributed by atoms with Crippen molar-refractivity contribution in [2.45, 2.75) is 33.3 Å². The van der Waals surface area contributed by atoms with Crippen molar-refractivity contribution in [1.82, 2.24) is 0 Å². The number of ether oxygens (including phenoxy) is 1. The maximum atomic E-state index is 5.20. The van der Waals surface area contributed by atoms with E-state index >= 15 is 0 Å². The van der Waals surface area contributed by atoms with E-state index in [-0.39, 0.29) is 6.10 Å². The highest BCUT2D eigenvalue weighted by atomic mass is 32.1. The molecule has 2 unspecified atom stereocenters. The van der Waals surface area contributed by atoms with Crippen molar-refractivity contribution in [2.24, 2.45) is 5.92 Å². The molecule has 0 aliphatic rings. The smallest absolute Gasteiger partial charge is 0.217 e. The molecule has 10 heavy (non-hydrogen) atoms. The highest BCUT2D eigenvalue weighted by Gasteiger charge is 2.10. The van der Waals surface area contributed by atoms with Crippen LogP contribution in [-0.2, 0) is 4.74 Å². The standard InChI is InChI=1S/C7H14OS2/c1-4-5(2)6(3)8-7(9)10/h5-6H,4H2,1-3H3,(H,9,10). The average Bonchev–Trinajstić information content (AvgIpc) is 1.85. The van der Waals surface area contributed by atoms with E-state index in [1.807, 2.05) is 6.92 Å². The lowest BCUT2D eigenvalue weighted by Crippen LogP contribution is -2.18. The normalized spacial score (nSPS) is 16.0. The molecule has 0 aromatic rings. The van der Waals surface area contributed by atoms with Gasteiger partial charge in [0.25, 0.3) is 0 Å². The van der Waals surface area contributed by atoms with Gasteiger partial charge in [-0.15, -0.1) is 0 Å². The molecule has 60 valence electrons. The third kappa shape index (κ3) is 4.12. The SMILES string of the molecule is CCC(C)C(C)OC(=S)S. The first-order valence-electron chi connectivity index (χ1n) is 3.47. The zero-order chi connectivity index (χ0) is 8.15. The van der Waals surface area contributed by atoms with Gasteiger partial charge in [-0.1, -0.05) is 32.9 Å². The lowest BCUT2D eigenvalue weighted by molar-refractivity contribution is 0.156. The van der Waals surface area contributed by atoms with Gasteiger partial charge in [-0.3, -0.25) is 0 Å². The van der Waals surface area contributed by atoms with Gasteiger partial charge in [-0.2, -0.15) is 0 Å². The van der Waals surface area contributed by atoms with Crippen molar-refractivity contribution < 1.29 is 4.74 Å². The fraction of sp³-hybridized carbons (Fsp3) is 0.857. The van der Waals surface area contributed by atoms with Crippen molar-refractivity contribution in [3.05, 3.63) is 0 Å². The maximum Gasteiger partial charge on any atom is 0.217 e. The van der Waals surface area contributed by atoms with Gasteiger partial charge in [0.2, 0.25) is 4.38 Å². The number of rotatable bonds is 3. The van der Waals surface area contributed by atoms with Gasteiger partial charge in [0.1, 0.15) is 0 Å². The van der Waals surface area contributed by atoms with Crippen LogP contribution >= 0.6 is 24.8 Å². The average molecular weight is 178 g/mol. The minimum Gasteiger partial charge on any atom is -0.475 e. The molecule has 3 heteroatoms. The predicted molar refractivity (Wildman–Crippen MR) is 51.6 cm³/mol. The van der Waals surface area contributed by atoms with Gasteiger partial charge in [-0.25, -0.2) is 0 Å². The Morgan fingerprint density at radius 1 is 1.60 bits per heavy atom. The van der Waals surface area contributed by atoms with Crippen LogP contribution in [0.15, 0.2) is 0 Å². The molecule has 0 aromatic carbocycles. The van der Waals surface area contributed by atoms with E-state index in [9.17, 15) is 0 Å². The van der Waals surface area contributed by atoms with E-state index in [1.54, 1.807) is 0 Å². The van der Waals surface area contributed by atoms with Gasteiger partial charge in [0, 0.05) is 0 Å². The summed E-state index contributed by atoms with van der Waals surface area (Å²) in [6.45, 7) is 6.28. The Morgan fingerprint density at radius 2 is 2.10 bits per heavy atom. The molecule has 0 radical (unpaired) electrons. The Kier molecular flexibility index (Phi) is 5.09. The second-order valence-electron chi connectivity index (χ2n) is 2.47. The van der Waals surface area contributed by atoms with Gasteiger partial charge >= 0.3 is 0 Å². The van der Waals surface area contributed by atoms with Crippen molar-refractivity contribution in [3.63, 3.8) is 0 Å². The second kappa shape index (κ2) is 4.97. The van der Waals surface area contributed by atoms with E-state index < -0.39 is 0 Å². The lowest BCUT2D eigenvalue weighted by atomic mass is 10.0. The molecule has 0 aliphatic carbocycles. The molecule has 0 N–H and O–H groups in total. The van der Waals surface area contributed by atoms with Gasteiger partial charge in [0.15, 0.2) is 0 Å². The number of thiocarbonyl (C=S) groups is 1. The Morgan fingerprint density at radius 3 is 2.40 bits per heavy atom. The monoisotopic (exact) mass is 178 g/mol. The Balaban J connectivity index is 3.61. The fourth-order valence-corrected chi connectivity index (χ4v) is 0.925. The van der Waals surface area contributed by atoms with Gasteiger partial charge in [-0.05, 0) is 25.1 Å². The van der Waals surface area contributed by atoms with Crippen LogP contribution < -0.4 is 0 Å². The summed E-state index contributed by atoms with van der Waals surface area (Å²) in [6.07, 6.45) is 1.30. The zero-order valence-electron chi connectivity index (χ0n) is 6.63. The Labute approximate surface area is 73.6 Å². The van der Waals surface area contributed by atoms with Crippen LogP contribution in [-0.4, -0.2) is 10.5 Å². The molecule has 1 nitrogen and oxygen atoms in total. The van der Waals surface area contributed by atoms with E-state index in [1.165, 1.54) is 0 Å². The summed E-state index contributed by atoms with van der Waals surface area (Å²) in [5.41, 5.74) is 0. The molecule has 0 rings (SSSR count). The second-order valence-corrected chi connectivity index (χ2v) is 3.55. The molecule has 0 saturated heterocycles.